The maximum Gasteiger partial charge on any atom is 0.336 e. The molecule has 0 radical (unpaired) electrons. The summed E-state index contributed by atoms with van der Waals surface area (Å²) in [6.07, 6.45) is 0. The number of carboxylic acid groups (broad SMARTS) is 1. The van der Waals surface area contributed by atoms with Crippen LogP contribution in [0.1, 0.15) is 21.0 Å². The largest absolute Gasteiger partial charge is 0.478 e. The molecular weight excluding hydrogens is 306 g/mol. The number of benzene rings is 1. The van der Waals surface area contributed by atoms with E-state index in [0.717, 1.165) is 0 Å². The Morgan fingerprint density at radius 3 is 2.78 bits per heavy atom. The number of rotatable bonds is 3. The number of tetrazole rings is 1. The van der Waals surface area contributed by atoms with Crippen molar-refractivity contribution in [3.63, 3.8) is 0 Å². The quantitative estimate of drug-likeness (QED) is 0.774. The van der Waals surface area contributed by atoms with Gasteiger partial charge in [0.2, 0.25) is 0 Å². The molecule has 0 saturated carbocycles. The molecule has 2 aromatic rings. The molecule has 18 heavy (non-hydrogen) atoms. The Labute approximate surface area is 109 Å². The van der Waals surface area contributed by atoms with E-state index in [1.807, 2.05) is 0 Å². The van der Waals surface area contributed by atoms with Crippen LogP contribution < -0.4 is 5.32 Å². The molecule has 0 spiro atoms. The molecule has 0 aliphatic carbocycles. The molecule has 0 aliphatic rings. The molecule has 8 nitrogen and oxygen atoms in total. The number of hydrogen-bond donors (Lipinski definition) is 3. The maximum absolute atomic E-state index is 11.6. The first-order chi connectivity index (χ1) is 8.58. The van der Waals surface area contributed by atoms with E-state index in [1.165, 1.54) is 12.1 Å². The fourth-order valence-corrected chi connectivity index (χ4v) is 1.63. The number of aromatic nitrogens is 4. The summed E-state index contributed by atoms with van der Waals surface area (Å²) in [6.45, 7) is 0. The summed E-state index contributed by atoms with van der Waals surface area (Å²) < 4.78 is 0.424. The number of carbonyl (C=O) groups excluding carboxylic acids is 1. The summed E-state index contributed by atoms with van der Waals surface area (Å²) >= 11 is 3.10. The minimum absolute atomic E-state index is 0.0425. The number of carbonyl (C=O) groups is 2. The Morgan fingerprint density at radius 2 is 2.17 bits per heavy atom. The van der Waals surface area contributed by atoms with Gasteiger partial charge in [0.05, 0.1) is 5.56 Å². The number of hydrogen-bond acceptors (Lipinski definition) is 5. The molecule has 0 saturated heterocycles. The zero-order valence-electron chi connectivity index (χ0n) is 8.72. The highest BCUT2D eigenvalue weighted by molar-refractivity contribution is 9.10. The third kappa shape index (κ3) is 2.51. The van der Waals surface area contributed by atoms with Gasteiger partial charge in [-0.05, 0) is 39.3 Å². The van der Waals surface area contributed by atoms with Crippen molar-refractivity contribution in [3.8, 4) is 0 Å². The van der Waals surface area contributed by atoms with Crippen molar-refractivity contribution in [1.82, 2.24) is 20.6 Å². The van der Waals surface area contributed by atoms with Crippen LogP contribution in [0.2, 0.25) is 0 Å². The zero-order valence-corrected chi connectivity index (χ0v) is 10.3. The van der Waals surface area contributed by atoms with Crippen molar-refractivity contribution in [3.05, 3.63) is 34.1 Å². The highest BCUT2D eigenvalue weighted by atomic mass is 79.9. The number of anilines is 1. The molecule has 1 aromatic carbocycles. The van der Waals surface area contributed by atoms with Crippen molar-refractivity contribution >= 4 is 33.5 Å². The topological polar surface area (TPSA) is 121 Å². The van der Waals surface area contributed by atoms with E-state index in [2.05, 4.69) is 41.9 Å². The summed E-state index contributed by atoms with van der Waals surface area (Å²) in [7, 11) is 0. The van der Waals surface area contributed by atoms with E-state index in [0.29, 0.717) is 10.2 Å². The van der Waals surface area contributed by atoms with E-state index in [1.54, 1.807) is 6.07 Å². The van der Waals surface area contributed by atoms with Gasteiger partial charge < -0.3 is 10.4 Å². The fraction of sp³-hybridized carbons (Fsp3) is 0. The Balaban J connectivity index is 2.22. The second kappa shape index (κ2) is 4.92. The molecule has 1 aromatic heterocycles. The van der Waals surface area contributed by atoms with Crippen LogP contribution in [-0.4, -0.2) is 37.6 Å². The lowest BCUT2D eigenvalue weighted by atomic mass is 10.2. The maximum atomic E-state index is 11.6. The SMILES string of the molecule is O=C(Nc1ccc(Br)c(C(=O)O)c1)c1nn[nH]n1. The molecule has 0 bridgehead atoms. The minimum atomic E-state index is -1.10. The smallest absolute Gasteiger partial charge is 0.336 e. The predicted octanol–water partition coefficient (Wildman–Crippen LogP) is 0.913. The lowest BCUT2D eigenvalue weighted by molar-refractivity contribution is 0.0695. The van der Waals surface area contributed by atoms with Gasteiger partial charge in [0.1, 0.15) is 0 Å². The summed E-state index contributed by atoms with van der Waals surface area (Å²) in [5, 5.41) is 23.8. The van der Waals surface area contributed by atoms with Crippen LogP contribution in [0.15, 0.2) is 22.7 Å². The number of aromatic carboxylic acids is 1. The third-order valence-electron chi connectivity index (χ3n) is 2.00. The van der Waals surface area contributed by atoms with Crippen molar-refractivity contribution < 1.29 is 14.7 Å². The average molecular weight is 312 g/mol. The van der Waals surface area contributed by atoms with Crippen molar-refractivity contribution in [2.75, 3.05) is 5.32 Å². The van der Waals surface area contributed by atoms with E-state index in [9.17, 15) is 9.59 Å². The van der Waals surface area contributed by atoms with E-state index in [4.69, 9.17) is 5.11 Å². The second-order valence-corrected chi connectivity index (χ2v) is 4.04. The number of nitrogens with zero attached hydrogens (tertiary/aromatic N) is 3. The average Bonchev–Trinajstić information content (AvgIpc) is 2.85. The van der Waals surface area contributed by atoms with Crippen molar-refractivity contribution in [1.29, 1.82) is 0 Å². The van der Waals surface area contributed by atoms with Gasteiger partial charge in [-0.3, -0.25) is 4.79 Å². The number of nitrogens with one attached hydrogen (secondary N) is 2. The Kier molecular flexibility index (Phi) is 3.33. The summed E-state index contributed by atoms with van der Waals surface area (Å²) in [5.74, 6) is -1.81. The van der Waals surface area contributed by atoms with Gasteiger partial charge in [-0.1, -0.05) is 0 Å². The molecule has 1 amide bonds. The van der Waals surface area contributed by atoms with E-state index in [-0.39, 0.29) is 11.4 Å². The number of amides is 1. The van der Waals surface area contributed by atoms with Crippen LogP contribution in [-0.2, 0) is 0 Å². The third-order valence-corrected chi connectivity index (χ3v) is 2.69. The number of halogens is 1. The Morgan fingerprint density at radius 1 is 1.39 bits per heavy atom. The minimum Gasteiger partial charge on any atom is -0.478 e. The first-order valence-corrected chi connectivity index (χ1v) is 5.45. The molecular formula is C9H6BrN5O3. The van der Waals surface area contributed by atoms with Crippen molar-refractivity contribution in [2.24, 2.45) is 0 Å². The lowest BCUT2D eigenvalue weighted by Crippen LogP contribution is -2.14. The number of carboxylic acids is 1. The zero-order chi connectivity index (χ0) is 13.1. The van der Waals surface area contributed by atoms with Crippen LogP contribution in [0, 0.1) is 0 Å². The van der Waals surface area contributed by atoms with Gasteiger partial charge in [0, 0.05) is 10.2 Å². The first kappa shape index (κ1) is 12.2. The van der Waals surface area contributed by atoms with E-state index >= 15 is 0 Å². The van der Waals surface area contributed by atoms with Crippen LogP contribution >= 0.6 is 15.9 Å². The number of aromatic amines is 1. The summed E-state index contributed by atoms with van der Waals surface area (Å²) in [5.41, 5.74) is 0.367. The van der Waals surface area contributed by atoms with Gasteiger partial charge in [-0.15, -0.1) is 10.2 Å². The molecule has 0 aliphatic heterocycles. The van der Waals surface area contributed by atoms with Crippen LogP contribution in [0.3, 0.4) is 0 Å². The first-order valence-electron chi connectivity index (χ1n) is 4.65. The summed E-state index contributed by atoms with van der Waals surface area (Å²) in [4.78, 5) is 22.5. The van der Waals surface area contributed by atoms with Crippen LogP contribution in [0.25, 0.3) is 0 Å². The molecule has 3 N–H and O–H groups in total. The molecule has 2 rings (SSSR count). The van der Waals surface area contributed by atoms with Gasteiger partial charge >= 0.3 is 5.97 Å². The molecule has 0 atom stereocenters. The van der Waals surface area contributed by atoms with Crippen LogP contribution in [0.5, 0.6) is 0 Å². The Bertz CT molecular complexity index is 598. The molecule has 9 heteroatoms. The second-order valence-electron chi connectivity index (χ2n) is 3.19. The monoisotopic (exact) mass is 311 g/mol. The predicted molar refractivity (Wildman–Crippen MR) is 63.2 cm³/mol. The van der Waals surface area contributed by atoms with E-state index < -0.39 is 11.9 Å². The fourth-order valence-electron chi connectivity index (χ4n) is 1.21. The van der Waals surface area contributed by atoms with Gasteiger partial charge in [-0.2, -0.15) is 5.21 Å². The van der Waals surface area contributed by atoms with Gasteiger partial charge in [-0.25, -0.2) is 4.79 Å². The molecule has 1 heterocycles. The standard InChI is InChI=1S/C9H6BrN5O3/c10-6-2-1-4(3-5(6)9(17)18)11-8(16)7-12-14-15-13-7/h1-3H,(H,11,16)(H,17,18)(H,12,13,14,15). The molecule has 0 fully saturated rings. The van der Waals surface area contributed by atoms with Crippen LogP contribution in [0.4, 0.5) is 5.69 Å². The van der Waals surface area contributed by atoms with Gasteiger partial charge in [0.15, 0.2) is 0 Å². The summed E-state index contributed by atoms with van der Waals surface area (Å²) in [6, 6.07) is 4.40. The highest BCUT2D eigenvalue weighted by Crippen LogP contribution is 2.21. The normalized spacial score (nSPS) is 10.1. The molecule has 92 valence electrons. The number of H-pyrrole nitrogens is 1. The molecule has 0 unspecified atom stereocenters. The Hall–Kier alpha value is -2.29. The lowest BCUT2D eigenvalue weighted by Gasteiger charge is -2.05. The van der Waals surface area contributed by atoms with Gasteiger partial charge in [0.25, 0.3) is 11.7 Å². The van der Waals surface area contributed by atoms with Crippen molar-refractivity contribution in [2.45, 2.75) is 0 Å². The highest BCUT2D eigenvalue weighted by Gasteiger charge is 2.13.